The average molecular weight is 218 g/mol. The van der Waals surface area contributed by atoms with Crippen LogP contribution in [0.2, 0.25) is 0 Å². The molecule has 0 atom stereocenters. The van der Waals surface area contributed by atoms with Gasteiger partial charge >= 0.3 is 0 Å². The normalized spacial score (nSPS) is 10.9. The Morgan fingerprint density at radius 3 is 2.62 bits per heavy atom. The van der Waals surface area contributed by atoms with Crippen molar-refractivity contribution in [3.05, 3.63) is 29.8 Å². The van der Waals surface area contributed by atoms with Gasteiger partial charge in [0.15, 0.2) is 11.6 Å². The van der Waals surface area contributed by atoms with E-state index in [1.165, 1.54) is 0 Å². The molecule has 16 heavy (non-hydrogen) atoms. The van der Waals surface area contributed by atoms with Gasteiger partial charge in [-0.2, -0.15) is 0 Å². The van der Waals surface area contributed by atoms with Crippen LogP contribution in [0.5, 0.6) is 5.75 Å². The molecule has 0 saturated carbocycles. The third-order valence-electron chi connectivity index (χ3n) is 2.48. The maximum atomic E-state index is 9.75. The number of benzene rings is 1. The number of phenolic OH excluding ortho intramolecular Hbond substituents is 1. The second kappa shape index (κ2) is 3.89. The van der Waals surface area contributed by atoms with Crippen LogP contribution in [-0.4, -0.2) is 10.3 Å². The van der Waals surface area contributed by atoms with E-state index in [2.05, 4.69) is 19.0 Å². The minimum atomic E-state index is 0.167. The molecule has 3 N–H and O–H groups in total. The highest BCUT2D eigenvalue weighted by atomic mass is 16.5. The molecule has 0 aliphatic heterocycles. The van der Waals surface area contributed by atoms with Crippen molar-refractivity contribution in [1.29, 1.82) is 0 Å². The van der Waals surface area contributed by atoms with Crippen LogP contribution in [-0.2, 0) is 0 Å². The Kier molecular flexibility index (Phi) is 2.56. The van der Waals surface area contributed by atoms with Crippen LogP contribution in [0.15, 0.2) is 28.8 Å². The standard InChI is InChI=1S/C12H14N2O2/c1-7(2)8-3-4-10(15)9(5-8)11-6-12(13)14-16-11/h3-7,15H,1-2H3,(H2,13,14). The van der Waals surface area contributed by atoms with Crippen molar-refractivity contribution in [2.75, 3.05) is 5.73 Å². The van der Waals surface area contributed by atoms with E-state index in [4.69, 9.17) is 10.3 Å². The van der Waals surface area contributed by atoms with Crippen molar-refractivity contribution in [2.45, 2.75) is 19.8 Å². The minimum absolute atomic E-state index is 0.167. The fourth-order valence-corrected chi connectivity index (χ4v) is 1.53. The molecular weight excluding hydrogens is 204 g/mol. The number of phenols is 1. The second-order valence-electron chi connectivity index (χ2n) is 4.05. The predicted molar refractivity (Wildman–Crippen MR) is 62.1 cm³/mol. The van der Waals surface area contributed by atoms with Crippen molar-refractivity contribution in [3.8, 4) is 17.1 Å². The predicted octanol–water partition coefficient (Wildman–Crippen LogP) is 2.75. The molecule has 1 heterocycles. The zero-order valence-electron chi connectivity index (χ0n) is 9.27. The van der Waals surface area contributed by atoms with Crippen molar-refractivity contribution in [2.24, 2.45) is 0 Å². The molecule has 2 rings (SSSR count). The molecule has 0 radical (unpaired) electrons. The number of hydrogen-bond acceptors (Lipinski definition) is 4. The van der Waals surface area contributed by atoms with Crippen LogP contribution in [0, 0.1) is 0 Å². The second-order valence-corrected chi connectivity index (χ2v) is 4.05. The Hall–Kier alpha value is -1.97. The lowest BCUT2D eigenvalue weighted by atomic mass is 9.99. The zero-order chi connectivity index (χ0) is 11.7. The van der Waals surface area contributed by atoms with Crippen molar-refractivity contribution >= 4 is 5.82 Å². The molecule has 4 heteroatoms. The maximum absolute atomic E-state index is 9.75. The molecular formula is C12H14N2O2. The number of anilines is 1. The van der Waals surface area contributed by atoms with Gasteiger partial charge in [-0.1, -0.05) is 25.1 Å². The number of nitrogens with zero attached hydrogens (tertiary/aromatic N) is 1. The molecule has 0 aliphatic rings. The highest BCUT2D eigenvalue weighted by Crippen LogP contribution is 2.32. The van der Waals surface area contributed by atoms with Crippen molar-refractivity contribution in [1.82, 2.24) is 5.16 Å². The number of aromatic hydroxyl groups is 1. The lowest BCUT2D eigenvalue weighted by Gasteiger charge is -2.07. The summed E-state index contributed by atoms with van der Waals surface area (Å²) in [4.78, 5) is 0. The number of aromatic nitrogens is 1. The van der Waals surface area contributed by atoms with Gasteiger partial charge in [0.25, 0.3) is 0 Å². The summed E-state index contributed by atoms with van der Waals surface area (Å²) in [6.07, 6.45) is 0. The molecule has 1 aromatic heterocycles. The number of nitrogens with two attached hydrogens (primary N) is 1. The fraction of sp³-hybridized carbons (Fsp3) is 0.250. The monoisotopic (exact) mass is 218 g/mol. The first-order valence-electron chi connectivity index (χ1n) is 5.13. The summed E-state index contributed by atoms with van der Waals surface area (Å²) in [6, 6.07) is 7.03. The van der Waals surface area contributed by atoms with Crippen LogP contribution in [0.4, 0.5) is 5.82 Å². The van der Waals surface area contributed by atoms with Gasteiger partial charge in [-0.15, -0.1) is 0 Å². The molecule has 0 saturated heterocycles. The Balaban J connectivity index is 2.51. The van der Waals surface area contributed by atoms with Crippen LogP contribution in [0.1, 0.15) is 25.3 Å². The minimum Gasteiger partial charge on any atom is -0.507 e. The van der Waals surface area contributed by atoms with Crippen LogP contribution in [0.3, 0.4) is 0 Å². The quantitative estimate of drug-likeness (QED) is 0.812. The lowest BCUT2D eigenvalue weighted by Crippen LogP contribution is -1.88. The average Bonchev–Trinajstić information content (AvgIpc) is 2.65. The van der Waals surface area contributed by atoms with Crippen molar-refractivity contribution < 1.29 is 9.63 Å². The topological polar surface area (TPSA) is 72.3 Å². The lowest BCUT2D eigenvalue weighted by molar-refractivity contribution is 0.429. The Labute approximate surface area is 93.7 Å². The summed E-state index contributed by atoms with van der Waals surface area (Å²) in [5.74, 6) is 1.35. The Morgan fingerprint density at radius 2 is 2.06 bits per heavy atom. The largest absolute Gasteiger partial charge is 0.507 e. The number of nitrogen functional groups attached to an aromatic ring is 1. The molecule has 0 spiro atoms. The molecule has 0 aliphatic carbocycles. The molecule has 2 aromatic rings. The molecule has 84 valence electrons. The van der Waals surface area contributed by atoms with Gasteiger partial charge in [-0.3, -0.25) is 0 Å². The van der Waals surface area contributed by atoms with Gasteiger partial charge in [0.2, 0.25) is 0 Å². The van der Waals surface area contributed by atoms with E-state index in [1.807, 2.05) is 12.1 Å². The Morgan fingerprint density at radius 1 is 1.31 bits per heavy atom. The highest BCUT2D eigenvalue weighted by molar-refractivity contribution is 5.68. The van der Waals surface area contributed by atoms with Crippen molar-refractivity contribution in [3.63, 3.8) is 0 Å². The molecule has 0 bridgehead atoms. The fourth-order valence-electron chi connectivity index (χ4n) is 1.53. The summed E-state index contributed by atoms with van der Waals surface area (Å²) in [5, 5.41) is 13.4. The van der Waals surface area contributed by atoms with E-state index in [0.29, 0.717) is 23.1 Å². The van der Waals surface area contributed by atoms with E-state index in [9.17, 15) is 5.11 Å². The van der Waals surface area contributed by atoms with Gasteiger partial charge in [0.1, 0.15) is 5.75 Å². The molecule has 4 nitrogen and oxygen atoms in total. The number of rotatable bonds is 2. The van der Waals surface area contributed by atoms with Gasteiger partial charge in [-0.05, 0) is 23.6 Å². The molecule has 0 amide bonds. The Bertz CT molecular complexity index is 503. The zero-order valence-corrected chi connectivity index (χ0v) is 9.27. The van der Waals surface area contributed by atoms with Gasteiger partial charge < -0.3 is 15.4 Å². The summed E-state index contributed by atoms with van der Waals surface area (Å²) < 4.78 is 5.03. The van der Waals surface area contributed by atoms with E-state index < -0.39 is 0 Å². The van der Waals surface area contributed by atoms with Crippen LogP contribution >= 0.6 is 0 Å². The first kappa shape index (κ1) is 10.5. The molecule has 0 fully saturated rings. The van der Waals surface area contributed by atoms with Gasteiger partial charge in [0, 0.05) is 6.07 Å². The van der Waals surface area contributed by atoms with Crippen LogP contribution in [0.25, 0.3) is 11.3 Å². The first-order chi connectivity index (χ1) is 7.58. The van der Waals surface area contributed by atoms with Gasteiger partial charge in [-0.25, -0.2) is 0 Å². The molecule has 1 aromatic carbocycles. The first-order valence-corrected chi connectivity index (χ1v) is 5.13. The maximum Gasteiger partial charge on any atom is 0.172 e. The van der Waals surface area contributed by atoms with E-state index in [-0.39, 0.29) is 5.75 Å². The number of hydrogen-bond donors (Lipinski definition) is 2. The summed E-state index contributed by atoms with van der Waals surface area (Å²) >= 11 is 0. The molecule has 0 unspecified atom stereocenters. The van der Waals surface area contributed by atoms with E-state index >= 15 is 0 Å². The summed E-state index contributed by atoms with van der Waals surface area (Å²) in [5.41, 5.74) is 7.23. The third kappa shape index (κ3) is 1.86. The summed E-state index contributed by atoms with van der Waals surface area (Å²) in [7, 11) is 0. The summed E-state index contributed by atoms with van der Waals surface area (Å²) in [6.45, 7) is 4.18. The highest BCUT2D eigenvalue weighted by Gasteiger charge is 2.11. The SMILES string of the molecule is CC(C)c1ccc(O)c(-c2cc(N)no2)c1. The van der Waals surface area contributed by atoms with Gasteiger partial charge in [0.05, 0.1) is 5.56 Å². The smallest absolute Gasteiger partial charge is 0.172 e. The van der Waals surface area contributed by atoms with E-state index in [0.717, 1.165) is 5.56 Å². The van der Waals surface area contributed by atoms with Crippen LogP contribution < -0.4 is 5.73 Å². The third-order valence-corrected chi connectivity index (χ3v) is 2.48. The van der Waals surface area contributed by atoms with E-state index in [1.54, 1.807) is 12.1 Å².